The molecule has 0 bridgehead atoms. The summed E-state index contributed by atoms with van der Waals surface area (Å²) in [5, 5.41) is 5.64. The number of nitrogens with zero attached hydrogens (tertiary/aromatic N) is 2. The van der Waals surface area contributed by atoms with E-state index in [9.17, 15) is 22.0 Å². The van der Waals surface area contributed by atoms with Gasteiger partial charge in [0.15, 0.2) is 0 Å². The molecule has 0 aliphatic rings. The number of halogens is 5. The van der Waals surface area contributed by atoms with Gasteiger partial charge in [-0.1, -0.05) is 0 Å². The van der Waals surface area contributed by atoms with Crippen molar-refractivity contribution in [1.29, 1.82) is 0 Å². The maximum atomic E-state index is 12.6. The molecule has 0 spiro atoms. The highest BCUT2D eigenvalue weighted by molar-refractivity contribution is 4.95. The van der Waals surface area contributed by atoms with Crippen LogP contribution in [0, 0.1) is 0 Å². The van der Waals surface area contributed by atoms with E-state index < -0.39 is 18.0 Å². The van der Waals surface area contributed by atoms with E-state index in [-0.39, 0.29) is 18.9 Å². The second-order valence-corrected chi connectivity index (χ2v) is 2.61. The number of hydrogen-bond acceptors (Lipinski definition) is 4. The van der Waals surface area contributed by atoms with E-state index in [1.54, 1.807) is 0 Å². The normalized spacial score (nSPS) is 13.2. The first-order valence-electron chi connectivity index (χ1n) is 3.76. The zero-order chi connectivity index (χ0) is 11.7. The molecule has 86 valence electrons. The van der Waals surface area contributed by atoms with Gasteiger partial charge in [0, 0.05) is 13.0 Å². The van der Waals surface area contributed by atoms with Crippen LogP contribution in [0.3, 0.4) is 0 Å². The molecule has 0 aromatic carbocycles. The van der Waals surface area contributed by atoms with Crippen LogP contribution in [0.15, 0.2) is 4.42 Å². The Balaban J connectivity index is 2.95. The minimum Gasteiger partial charge on any atom is -0.419 e. The van der Waals surface area contributed by atoms with Gasteiger partial charge in [0.2, 0.25) is 5.89 Å². The summed E-state index contributed by atoms with van der Waals surface area (Å²) in [7, 11) is 0. The number of nitrogens with two attached hydrogens (primary N) is 1. The Hall–Kier alpha value is -1.25. The van der Waals surface area contributed by atoms with Crippen LogP contribution in [0.5, 0.6) is 0 Å². The Kier molecular flexibility index (Phi) is 2.93. The molecule has 9 heteroatoms. The molecule has 2 N–H and O–H groups in total. The van der Waals surface area contributed by atoms with Crippen molar-refractivity contribution >= 4 is 0 Å². The van der Waals surface area contributed by atoms with Gasteiger partial charge in [-0.2, -0.15) is 22.0 Å². The third kappa shape index (κ3) is 2.22. The third-order valence-corrected chi connectivity index (χ3v) is 1.45. The topological polar surface area (TPSA) is 64.9 Å². The standard InChI is InChI=1S/C6H6F5N3O/c7-5(8,6(9,10)11)4-14-13-3(15-4)1-2-12/h1-2,12H2. The Bertz CT molecular complexity index is 334. The molecule has 0 radical (unpaired) electrons. The molecule has 0 saturated heterocycles. The van der Waals surface area contributed by atoms with Crippen molar-refractivity contribution in [2.24, 2.45) is 5.73 Å². The molecular weight excluding hydrogens is 225 g/mol. The zero-order valence-electron chi connectivity index (χ0n) is 7.18. The van der Waals surface area contributed by atoms with Crippen molar-refractivity contribution < 1.29 is 26.4 Å². The number of aromatic nitrogens is 2. The molecule has 1 aromatic rings. The lowest BCUT2D eigenvalue weighted by Crippen LogP contribution is -2.34. The monoisotopic (exact) mass is 231 g/mol. The first-order chi connectivity index (χ1) is 6.79. The molecule has 1 aromatic heterocycles. The Morgan fingerprint density at radius 1 is 1.13 bits per heavy atom. The maximum Gasteiger partial charge on any atom is 0.463 e. The Morgan fingerprint density at radius 2 is 1.73 bits per heavy atom. The van der Waals surface area contributed by atoms with Gasteiger partial charge in [0.25, 0.3) is 5.89 Å². The second-order valence-electron chi connectivity index (χ2n) is 2.61. The molecule has 4 nitrogen and oxygen atoms in total. The highest BCUT2D eigenvalue weighted by Gasteiger charge is 2.62. The van der Waals surface area contributed by atoms with Crippen LogP contribution in [0.25, 0.3) is 0 Å². The summed E-state index contributed by atoms with van der Waals surface area (Å²) in [6.07, 6.45) is -5.81. The van der Waals surface area contributed by atoms with Gasteiger partial charge < -0.3 is 10.2 Å². The number of hydrogen-bond donors (Lipinski definition) is 1. The van der Waals surface area contributed by atoms with E-state index in [4.69, 9.17) is 5.73 Å². The summed E-state index contributed by atoms with van der Waals surface area (Å²) in [4.78, 5) is 0. The van der Waals surface area contributed by atoms with Crippen LogP contribution < -0.4 is 5.73 Å². The summed E-state index contributed by atoms with van der Waals surface area (Å²) >= 11 is 0. The fourth-order valence-corrected chi connectivity index (χ4v) is 0.726. The quantitative estimate of drug-likeness (QED) is 0.794. The zero-order valence-corrected chi connectivity index (χ0v) is 7.18. The second kappa shape index (κ2) is 3.72. The average molecular weight is 231 g/mol. The van der Waals surface area contributed by atoms with Crippen LogP contribution in [0.2, 0.25) is 0 Å². The number of alkyl halides is 5. The lowest BCUT2D eigenvalue weighted by atomic mass is 10.3. The van der Waals surface area contributed by atoms with E-state index in [1.807, 2.05) is 0 Å². The highest BCUT2D eigenvalue weighted by atomic mass is 19.4. The van der Waals surface area contributed by atoms with Gasteiger partial charge in [0.1, 0.15) is 0 Å². The van der Waals surface area contributed by atoms with Gasteiger partial charge in [0.05, 0.1) is 0 Å². The minimum absolute atomic E-state index is 0.0131. The molecule has 0 fully saturated rings. The molecule has 15 heavy (non-hydrogen) atoms. The molecule has 1 heterocycles. The molecular formula is C6H6F5N3O. The van der Waals surface area contributed by atoms with Crippen LogP contribution >= 0.6 is 0 Å². The molecule has 0 saturated carbocycles. The van der Waals surface area contributed by atoms with Gasteiger partial charge >= 0.3 is 12.1 Å². The van der Waals surface area contributed by atoms with E-state index in [0.29, 0.717) is 0 Å². The van der Waals surface area contributed by atoms with Gasteiger partial charge in [-0.3, -0.25) is 0 Å². The van der Waals surface area contributed by atoms with Crippen molar-refractivity contribution in [1.82, 2.24) is 10.2 Å². The fraction of sp³-hybridized carbons (Fsp3) is 0.667. The molecule has 1 rings (SSSR count). The van der Waals surface area contributed by atoms with E-state index in [2.05, 4.69) is 14.6 Å². The molecule has 0 unspecified atom stereocenters. The van der Waals surface area contributed by atoms with Crippen LogP contribution in [-0.2, 0) is 12.3 Å². The van der Waals surface area contributed by atoms with Gasteiger partial charge in [-0.25, -0.2) is 0 Å². The third-order valence-electron chi connectivity index (χ3n) is 1.45. The lowest BCUT2D eigenvalue weighted by Gasteiger charge is -2.14. The van der Waals surface area contributed by atoms with E-state index in [0.717, 1.165) is 0 Å². The first-order valence-corrected chi connectivity index (χ1v) is 3.76. The summed E-state index contributed by atoms with van der Waals surface area (Å²) in [6.45, 7) is 0.0131. The smallest absolute Gasteiger partial charge is 0.419 e. The van der Waals surface area contributed by atoms with Crippen LogP contribution in [-0.4, -0.2) is 22.9 Å². The molecule has 0 amide bonds. The minimum atomic E-state index is -5.75. The molecule has 0 atom stereocenters. The summed E-state index contributed by atoms with van der Waals surface area (Å²) in [6, 6.07) is 0. The van der Waals surface area contributed by atoms with Crippen molar-refractivity contribution in [3.05, 3.63) is 11.8 Å². The summed E-state index contributed by atoms with van der Waals surface area (Å²) in [5.41, 5.74) is 5.03. The summed E-state index contributed by atoms with van der Waals surface area (Å²) in [5.74, 6) is -7.25. The van der Waals surface area contributed by atoms with Crippen molar-refractivity contribution in [3.8, 4) is 0 Å². The molecule has 0 aliphatic heterocycles. The lowest BCUT2D eigenvalue weighted by molar-refractivity contribution is -0.297. The van der Waals surface area contributed by atoms with Gasteiger partial charge in [-0.15, -0.1) is 10.2 Å². The van der Waals surface area contributed by atoms with Crippen LogP contribution in [0.1, 0.15) is 11.8 Å². The summed E-state index contributed by atoms with van der Waals surface area (Å²) < 4.78 is 64.7. The van der Waals surface area contributed by atoms with E-state index in [1.165, 1.54) is 0 Å². The highest BCUT2D eigenvalue weighted by Crippen LogP contribution is 2.42. The average Bonchev–Trinajstić information content (AvgIpc) is 2.51. The first kappa shape index (κ1) is 11.8. The van der Waals surface area contributed by atoms with Crippen molar-refractivity contribution in [2.75, 3.05) is 6.54 Å². The Morgan fingerprint density at radius 3 is 2.20 bits per heavy atom. The van der Waals surface area contributed by atoms with Crippen LogP contribution in [0.4, 0.5) is 22.0 Å². The largest absolute Gasteiger partial charge is 0.463 e. The Labute approximate surface area is 80.3 Å². The predicted molar refractivity (Wildman–Crippen MR) is 37.0 cm³/mol. The predicted octanol–water partition coefficient (Wildman–Crippen LogP) is 1.22. The van der Waals surface area contributed by atoms with Gasteiger partial charge in [-0.05, 0) is 0 Å². The fourth-order valence-electron chi connectivity index (χ4n) is 0.726. The number of rotatable bonds is 3. The SMILES string of the molecule is NCCc1nnc(C(F)(F)C(F)(F)F)o1. The maximum absolute atomic E-state index is 12.6. The van der Waals surface area contributed by atoms with Crippen molar-refractivity contribution in [3.63, 3.8) is 0 Å². The molecule has 0 aliphatic carbocycles. The van der Waals surface area contributed by atoms with E-state index >= 15 is 0 Å². The van der Waals surface area contributed by atoms with Crippen molar-refractivity contribution in [2.45, 2.75) is 18.5 Å².